The van der Waals surface area contributed by atoms with Gasteiger partial charge < -0.3 is 15.4 Å². The monoisotopic (exact) mass is 380 g/mol. The predicted molar refractivity (Wildman–Crippen MR) is 111 cm³/mol. The molecular formula is C22H25FN4O. The highest BCUT2D eigenvalue weighted by atomic mass is 19.1. The van der Waals surface area contributed by atoms with Crippen LogP contribution in [0.2, 0.25) is 0 Å². The molecule has 0 amide bonds. The van der Waals surface area contributed by atoms with Gasteiger partial charge in [0.25, 0.3) is 0 Å². The normalized spacial score (nSPS) is 12.6. The van der Waals surface area contributed by atoms with Gasteiger partial charge in [-0.2, -0.15) is 0 Å². The lowest BCUT2D eigenvalue weighted by molar-refractivity contribution is 0.223. The Labute approximate surface area is 164 Å². The van der Waals surface area contributed by atoms with Gasteiger partial charge in [0, 0.05) is 18.1 Å². The van der Waals surface area contributed by atoms with Crippen molar-refractivity contribution in [2.24, 2.45) is 4.99 Å². The number of fused-ring (bicyclic) bond motifs is 1. The molecule has 0 saturated carbocycles. The summed E-state index contributed by atoms with van der Waals surface area (Å²) >= 11 is 0. The lowest BCUT2D eigenvalue weighted by atomic mass is 10.1. The Morgan fingerprint density at radius 2 is 1.89 bits per heavy atom. The molecule has 0 aliphatic carbocycles. The van der Waals surface area contributed by atoms with E-state index in [0.717, 1.165) is 23.0 Å². The van der Waals surface area contributed by atoms with Gasteiger partial charge in [-0.1, -0.05) is 24.3 Å². The highest BCUT2D eigenvalue weighted by Gasteiger charge is 2.07. The van der Waals surface area contributed by atoms with Crippen LogP contribution in [-0.2, 0) is 6.54 Å². The zero-order valence-electron chi connectivity index (χ0n) is 16.2. The van der Waals surface area contributed by atoms with Crippen LogP contribution in [0.4, 0.5) is 4.39 Å². The first-order valence-electron chi connectivity index (χ1n) is 9.42. The van der Waals surface area contributed by atoms with E-state index in [0.29, 0.717) is 24.8 Å². The van der Waals surface area contributed by atoms with Crippen molar-refractivity contribution in [2.75, 3.05) is 13.1 Å². The highest BCUT2D eigenvalue weighted by Crippen LogP contribution is 2.17. The van der Waals surface area contributed by atoms with Crippen molar-refractivity contribution < 1.29 is 9.13 Å². The van der Waals surface area contributed by atoms with Gasteiger partial charge in [-0.15, -0.1) is 0 Å². The van der Waals surface area contributed by atoms with Crippen molar-refractivity contribution >= 4 is 16.7 Å². The molecule has 0 aliphatic heterocycles. The van der Waals surface area contributed by atoms with E-state index in [9.17, 15) is 4.39 Å². The van der Waals surface area contributed by atoms with Crippen LogP contribution in [-0.4, -0.2) is 30.1 Å². The molecule has 28 heavy (non-hydrogen) atoms. The van der Waals surface area contributed by atoms with E-state index in [1.54, 1.807) is 12.1 Å². The fourth-order valence-electron chi connectivity index (χ4n) is 2.83. The smallest absolute Gasteiger partial charge is 0.191 e. The van der Waals surface area contributed by atoms with E-state index >= 15 is 0 Å². The first kappa shape index (κ1) is 19.6. The minimum atomic E-state index is -0.276. The molecule has 146 valence electrons. The summed E-state index contributed by atoms with van der Waals surface area (Å²) in [4.78, 5) is 9.13. The number of pyridine rings is 1. The minimum absolute atomic E-state index is 0.106. The molecule has 0 radical (unpaired) electrons. The van der Waals surface area contributed by atoms with Crippen LogP contribution in [0.1, 0.15) is 19.5 Å². The van der Waals surface area contributed by atoms with Crippen LogP contribution >= 0.6 is 0 Å². The molecule has 2 aromatic carbocycles. The summed E-state index contributed by atoms with van der Waals surface area (Å²) in [5.74, 6) is 1.06. The maximum atomic E-state index is 13.0. The summed E-state index contributed by atoms with van der Waals surface area (Å²) in [7, 11) is 0. The van der Waals surface area contributed by atoms with Gasteiger partial charge >= 0.3 is 0 Å². The summed E-state index contributed by atoms with van der Waals surface area (Å²) in [6.45, 7) is 5.76. The van der Waals surface area contributed by atoms with Gasteiger partial charge in [-0.25, -0.2) is 9.38 Å². The molecule has 1 atom stereocenters. The average molecular weight is 380 g/mol. The molecule has 1 heterocycles. The number of aromatic nitrogens is 1. The van der Waals surface area contributed by atoms with Gasteiger partial charge in [0.2, 0.25) is 0 Å². The SMILES string of the molecule is CCNC(=NCc1nccc2ccccc12)NCC(C)Oc1ccc(F)cc1. The molecule has 2 N–H and O–H groups in total. The summed E-state index contributed by atoms with van der Waals surface area (Å²) < 4.78 is 18.8. The maximum Gasteiger partial charge on any atom is 0.191 e. The predicted octanol–water partition coefficient (Wildman–Crippen LogP) is 3.90. The quantitative estimate of drug-likeness (QED) is 0.482. The number of halogens is 1. The average Bonchev–Trinajstić information content (AvgIpc) is 2.72. The van der Waals surface area contributed by atoms with Crippen molar-refractivity contribution in [3.8, 4) is 5.75 Å². The Balaban J connectivity index is 1.61. The number of nitrogens with one attached hydrogen (secondary N) is 2. The van der Waals surface area contributed by atoms with Crippen LogP contribution in [0, 0.1) is 5.82 Å². The topological polar surface area (TPSA) is 58.5 Å². The molecule has 0 bridgehead atoms. The van der Waals surface area contributed by atoms with Crippen molar-refractivity contribution in [3.05, 3.63) is 72.3 Å². The van der Waals surface area contributed by atoms with Gasteiger partial charge in [0.1, 0.15) is 17.7 Å². The maximum absolute atomic E-state index is 13.0. The van der Waals surface area contributed by atoms with Crippen LogP contribution in [0.5, 0.6) is 5.75 Å². The first-order valence-corrected chi connectivity index (χ1v) is 9.42. The van der Waals surface area contributed by atoms with Crippen molar-refractivity contribution in [2.45, 2.75) is 26.5 Å². The molecule has 1 aromatic heterocycles. The van der Waals surface area contributed by atoms with E-state index in [2.05, 4.69) is 32.7 Å². The molecule has 0 spiro atoms. The summed E-state index contributed by atoms with van der Waals surface area (Å²) in [5.41, 5.74) is 0.936. The van der Waals surface area contributed by atoms with E-state index in [1.807, 2.05) is 38.2 Å². The number of rotatable bonds is 7. The fourth-order valence-corrected chi connectivity index (χ4v) is 2.83. The minimum Gasteiger partial charge on any atom is -0.489 e. The summed E-state index contributed by atoms with van der Waals surface area (Å²) in [6, 6.07) is 16.2. The van der Waals surface area contributed by atoms with Crippen LogP contribution < -0.4 is 15.4 Å². The molecule has 3 rings (SSSR count). The molecule has 6 heteroatoms. The number of hydrogen-bond donors (Lipinski definition) is 2. The Morgan fingerprint density at radius 3 is 2.68 bits per heavy atom. The zero-order chi connectivity index (χ0) is 19.8. The van der Waals surface area contributed by atoms with Gasteiger partial charge in [0.05, 0.1) is 18.8 Å². The first-order chi connectivity index (χ1) is 13.7. The number of hydrogen-bond acceptors (Lipinski definition) is 3. The van der Waals surface area contributed by atoms with Crippen LogP contribution in [0.3, 0.4) is 0 Å². The Kier molecular flexibility index (Phi) is 6.78. The fraction of sp³-hybridized carbons (Fsp3) is 0.273. The van der Waals surface area contributed by atoms with Crippen molar-refractivity contribution in [1.29, 1.82) is 0 Å². The lowest BCUT2D eigenvalue weighted by Crippen LogP contribution is -2.41. The number of ether oxygens (including phenoxy) is 1. The number of benzene rings is 2. The number of guanidine groups is 1. The van der Waals surface area contributed by atoms with E-state index in [-0.39, 0.29) is 11.9 Å². The molecule has 3 aromatic rings. The second kappa shape index (κ2) is 9.69. The standard InChI is InChI=1S/C22H25FN4O/c1-3-24-22(26-14-16(2)28-19-10-8-18(23)9-11-19)27-15-21-20-7-5-4-6-17(20)12-13-25-21/h4-13,16H,3,14-15H2,1-2H3,(H2,24,26,27). The highest BCUT2D eigenvalue weighted by molar-refractivity contribution is 5.85. The van der Waals surface area contributed by atoms with Gasteiger partial charge in [-0.3, -0.25) is 4.98 Å². The van der Waals surface area contributed by atoms with Crippen molar-refractivity contribution in [3.63, 3.8) is 0 Å². The molecule has 1 unspecified atom stereocenters. The van der Waals surface area contributed by atoms with E-state index in [4.69, 9.17) is 4.74 Å². The molecule has 0 fully saturated rings. The molecular weight excluding hydrogens is 355 g/mol. The second-order valence-corrected chi connectivity index (χ2v) is 6.44. The van der Waals surface area contributed by atoms with E-state index in [1.165, 1.54) is 12.1 Å². The van der Waals surface area contributed by atoms with Gasteiger partial charge in [0.15, 0.2) is 5.96 Å². The van der Waals surface area contributed by atoms with E-state index < -0.39 is 0 Å². The Morgan fingerprint density at radius 1 is 1.11 bits per heavy atom. The third kappa shape index (κ3) is 5.42. The molecule has 0 aliphatic rings. The third-order valence-corrected chi connectivity index (χ3v) is 4.20. The Bertz CT molecular complexity index is 922. The van der Waals surface area contributed by atoms with Crippen LogP contribution in [0.15, 0.2) is 65.8 Å². The Hall–Kier alpha value is -3.15. The number of aliphatic imine (C=N–C) groups is 1. The van der Waals surface area contributed by atoms with Gasteiger partial charge in [-0.05, 0) is 49.6 Å². The molecule has 0 saturated heterocycles. The summed E-state index contributed by atoms with van der Waals surface area (Å²) in [5, 5.41) is 8.78. The van der Waals surface area contributed by atoms with Crippen LogP contribution in [0.25, 0.3) is 10.8 Å². The third-order valence-electron chi connectivity index (χ3n) is 4.20. The molecule has 5 nitrogen and oxygen atoms in total. The summed E-state index contributed by atoms with van der Waals surface area (Å²) in [6.07, 6.45) is 1.71. The largest absolute Gasteiger partial charge is 0.489 e. The zero-order valence-corrected chi connectivity index (χ0v) is 16.2. The van der Waals surface area contributed by atoms with Crippen molar-refractivity contribution in [1.82, 2.24) is 15.6 Å². The number of nitrogens with zero attached hydrogens (tertiary/aromatic N) is 2. The second-order valence-electron chi connectivity index (χ2n) is 6.44. The lowest BCUT2D eigenvalue weighted by Gasteiger charge is -2.17.